The number of aliphatic hydroxyl groups excluding tert-OH is 1. The van der Waals surface area contributed by atoms with E-state index in [1.54, 1.807) is 6.92 Å². The molecule has 12 heteroatoms. The van der Waals surface area contributed by atoms with Gasteiger partial charge in [-0.15, -0.1) is 13.2 Å². The van der Waals surface area contributed by atoms with Gasteiger partial charge < -0.3 is 28.8 Å². The molecular weight excluding hydrogens is 415 g/mol. The summed E-state index contributed by atoms with van der Waals surface area (Å²) in [7, 11) is 1.34. The zero-order valence-electron chi connectivity index (χ0n) is 16.6. The van der Waals surface area contributed by atoms with Gasteiger partial charge in [-0.05, 0) is 39.0 Å². The first-order chi connectivity index (χ1) is 14.0. The highest BCUT2D eigenvalue weighted by Gasteiger charge is 2.42. The number of nitrogens with zero attached hydrogens (tertiary/aromatic N) is 1. The smallest absolute Gasteiger partial charge is 0.406 e. The van der Waals surface area contributed by atoms with Gasteiger partial charge in [0, 0.05) is 13.7 Å². The Morgan fingerprint density at radius 2 is 1.83 bits per heavy atom. The normalized spacial score (nSPS) is 18.2. The average molecular weight is 437 g/mol. The number of halogens is 3. The molecule has 1 N–H and O–H groups in total. The summed E-state index contributed by atoms with van der Waals surface area (Å²) in [5.74, 6) is -2.70. The summed E-state index contributed by atoms with van der Waals surface area (Å²) in [6, 6.07) is 1.83. The van der Waals surface area contributed by atoms with Crippen molar-refractivity contribution in [1.82, 2.24) is 0 Å². The number of anilines is 1. The maximum absolute atomic E-state index is 12.4. The fourth-order valence-electron chi connectivity index (χ4n) is 2.77. The van der Waals surface area contributed by atoms with Gasteiger partial charge in [-0.1, -0.05) is 0 Å². The number of hydrogen-bond acceptors (Lipinski definition) is 8. The van der Waals surface area contributed by atoms with Crippen LogP contribution in [0.4, 0.5) is 18.9 Å². The second kappa shape index (κ2) is 9.71. The molecule has 4 unspecified atom stereocenters. The lowest BCUT2D eigenvalue weighted by Gasteiger charge is -2.31. The number of fused-ring (bicyclic) bond motifs is 1. The molecule has 1 aromatic rings. The Morgan fingerprint density at radius 3 is 2.40 bits per heavy atom. The number of ketones is 1. The van der Waals surface area contributed by atoms with Crippen LogP contribution in [0.1, 0.15) is 31.1 Å². The van der Waals surface area contributed by atoms with Crippen LogP contribution in [0.2, 0.25) is 0 Å². The van der Waals surface area contributed by atoms with E-state index in [1.165, 1.54) is 21.0 Å². The summed E-state index contributed by atoms with van der Waals surface area (Å²) in [5.41, 5.74) is -0.256. The molecule has 1 amide bonds. The molecule has 0 saturated carbocycles. The molecule has 0 fully saturated rings. The summed E-state index contributed by atoms with van der Waals surface area (Å²) in [6.07, 6.45) is -7.57. The molecule has 0 bridgehead atoms. The van der Waals surface area contributed by atoms with Gasteiger partial charge in [-0.2, -0.15) is 0 Å². The number of hydrogen-bond donors (Lipinski definition) is 1. The Morgan fingerprint density at radius 1 is 1.17 bits per heavy atom. The largest absolute Gasteiger partial charge is 0.573 e. The van der Waals surface area contributed by atoms with Gasteiger partial charge in [0.1, 0.15) is 5.75 Å². The Kier molecular flexibility index (Phi) is 7.77. The summed E-state index contributed by atoms with van der Waals surface area (Å²) in [4.78, 5) is 25.5. The third-order valence-corrected chi connectivity index (χ3v) is 4.07. The predicted octanol–water partition coefficient (Wildman–Crippen LogP) is 2.17. The molecule has 1 aromatic carbocycles. The fraction of sp³-hybridized carbons (Fsp3) is 0.556. The van der Waals surface area contributed by atoms with Crippen LogP contribution in [-0.2, 0) is 23.7 Å². The van der Waals surface area contributed by atoms with Crippen molar-refractivity contribution in [3.63, 3.8) is 0 Å². The summed E-state index contributed by atoms with van der Waals surface area (Å²) < 4.78 is 61.6. The summed E-state index contributed by atoms with van der Waals surface area (Å²) in [5, 5.41) is 10.3. The maximum atomic E-state index is 12.4. The minimum Gasteiger partial charge on any atom is -0.406 e. The molecular formula is C18H22F3NO8. The third-order valence-electron chi connectivity index (χ3n) is 4.07. The molecule has 1 heterocycles. The molecule has 1 aliphatic heterocycles. The summed E-state index contributed by atoms with van der Waals surface area (Å²) in [6.45, 7) is 3.82. The van der Waals surface area contributed by atoms with Gasteiger partial charge in [0.05, 0.1) is 17.3 Å². The van der Waals surface area contributed by atoms with E-state index >= 15 is 0 Å². The van der Waals surface area contributed by atoms with Crippen LogP contribution in [0.25, 0.3) is 0 Å². The van der Waals surface area contributed by atoms with Crippen LogP contribution in [0.5, 0.6) is 5.75 Å². The highest BCUT2D eigenvalue weighted by atomic mass is 19.4. The Hall–Kier alpha value is -2.25. The number of Topliss-reactive ketones (excluding diaryl/α,β-unsaturated/α-hetero) is 1. The quantitative estimate of drug-likeness (QED) is 0.439. The molecule has 4 atom stereocenters. The van der Waals surface area contributed by atoms with Gasteiger partial charge in [0.25, 0.3) is 18.2 Å². The molecule has 0 saturated heterocycles. The van der Waals surface area contributed by atoms with Crippen LogP contribution in [0, 0.1) is 0 Å². The Labute approximate surface area is 170 Å². The molecule has 9 nitrogen and oxygen atoms in total. The number of carbonyl (C=O) groups is 2. The molecule has 30 heavy (non-hydrogen) atoms. The standard InChI is InChI=1S/C18H22F3NO8/c1-5-27-17(26-4)29-10(3)28-16(25)9(2)22-13-7-6-11(30-18(19,20)21)8-12(13)14(23)15(22)24/h6-10,16-17,25H,5H2,1-4H3. The first-order valence-electron chi connectivity index (χ1n) is 8.89. The van der Waals surface area contributed by atoms with Gasteiger partial charge >= 0.3 is 6.36 Å². The first-order valence-corrected chi connectivity index (χ1v) is 8.89. The van der Waals surface area contributed by atoms with Gasteiger partial charge in [-0.25, -0.2) is 0 Å². The number of carbonyl (C=O) groups excluding carboxylic acids is 2. The Bertz CT molecular complexity index is 772. The van der Waals surface area contributed by atoms with Crippen molar-refractivity contribution in [2.75, 3.05) is 18.6 Å². The SMILES string of the molecule is CCOC(OC)OC(C)OC(O)C(C)N1C(=O)C(=O)c2cc(OC(F)(F)F)ccc21. The fourth-order valence-corrected chi connectivity index (χ4v) is 2.77. The van der Waals surface area contributed by atoms with E-state index in [0.29, 0.717) is 6.61 Å². The Balaban J connectivity index is 2.13. The predicted molar refractivity (Wildman–Crippen MR) is 94.5 cm³/mol. The lowest BCUT2D eigenvalue weighted by molar-refractivity contribution is -0.347. The molecule has 0 spiro atoms. The van der Waals surface area contributed by atoms with Crippen molar-refractivity contribution in [3.8, 4) is 5.75 Å². The number of aliphatic hydroxyl groups is 1. The van der Waals surface area contributed by atoms with Crippen LogP contribution in [0.15, 0.2) is 18.2 Å². The number of methoxy groups -OCH3 is 1. The topological polar surface area (TPSA) is 104 Å². The second-order valence-corrected chi connectivity index (χ2v) is 6.18. The van der Waals surface area contributed by atoms with E-state index in [0.717, 1.165) is 23.1 Å². The zero-order chi connectivity index (χ0) is 22.6. The molecule has 1 aliphatic rings. The van der Waals surface area contributed by atoms with Crippen LogP contribution in [0.3, 0.4) is 0 Å². The van der Waals surface area contributed by atoms with Crippen molar-refractivity contribution < 1.29 is 51.6 Å². The van der Waals surface area contributed by atoms with Gasteiger partial charge in [-0.3, -0.25) is 14.5 Å². The van der Waals surface area contributed by atoms with Crippen LogP contribution >= 0.6 is 0 Å². The lowest BCUT2D eigenvalue weighted by atomic mass is 10.1. The van der Waals surface area contributed by atoms with Crippen LogP contribution < -0.4 is 9.64 Å². The van der Waals surface area contributed by atoms with E-state index in [-0.39, 0.29) is 11.3 Å². The van der Waals surface area contributed by atoms with Crippen molar-refractivity contribution in [2.24, 2.45) is 0 Å². The first kappa shape index (κ1) is 24.0. The lowest BCUT2D eigenvalue weighted by Crippen LogP contribution is -2.47. The monoisotopic (exact) mass is 437 g/mol. The third kappa shape index (κ3) is 5.67. The van der Waals surface area contributed by atoms with Gasteiger partial charge in [0.2, 0.25) is 0 Å². The van der Waals surface area contributed by atoms with Crippen molar-refractivity contribution >= 4 is 17.4 Å². The molecule has 0 aliphatic carbocycles. The van der Waals surface area contributed by atoms with E-state index in [1.807, 2.05) is 0 Å². The highest BCUT2D eigenvalue weighted by Crippen LogP contribution is 2.35. The second-order valence-electron chi connectivity index (χ2n) is 6.18. The zero-order valence-corrected chi connectivity index (χ0v) is 16.6. The average Bonchev–Trinajstić information content (AvgIpc) is 2.90. The highest BCUT2D eigenvalue weighted by molar-refractivity contribution is 6.52. The molecule has 0 aromatic heterocycles. The summed E-state index contributed by atoms with van der Waals surface area (Å²) >= 11 is 0. The maximum Gasteiger partial charge on any atom is 0.573 e. The van der Waals surface area contributed by atoms with E-state index in [4.69, 9.17) is 18.9 Å². The number of benzene rings is 1. The number of alkyl halides is 3. The number of rotatable bonds is 10. The van der Waals surface area contributed by atoms with Crippen molar-refractivity contribution in [2.45, 2.75) is 52.2 Å². The van der Waals surface area contributed by atoms with Crippen molar-refractivity contribution in [1.29, 1.82) is 0 Å². The van der Waals surface area contributed by atoms with E-state index in [9.17, 15) is 27.9 Å². The van der Waals surface area contributed by atoms with Crippen molar-refractivity contribution in [3.05, 3.63) is 23.8 Å². The van der Waals surface area contributed by atoms with E-state index in [2.05, 4.69) is 4.74 Å². The van der Waals surface area contributed by atoms with E-state index < -0.39 is 48.9 Å². The minimum atomic E-state index is -4.95. The van der Waals surface area contributed by atoms with Gasteiger partial charge in [0.15, 0.2) is 12.6 Å². The van der Waals surface area contributed by atoms with Crippen LogP contribution in [-0.4, -0.2) is 62.0 Å². The molecule has 0 radical (unpaired) electrons. The minimum absolute atomic E-state index is 0.0207. The molecule has 168 valence electrons. The number of ether oxygens (including phenoxy) is 5. The number of amides is 1. The molecule has 2 rings (SSSR count).